The number of likely N-dealkylation sites (tertiary alicyclic amines) is 1. The summed E-state index contributed by atoms with van der Waals surface area (Å²) < 4.78 is 1.77. The lowest BCUT2D eigenvalue weighted by molar-refractivity contribution is -0.385. The summed E-state index contributed by atoms with van der Waals surface area (Å²) in [6.07, 6.45) is 5.02. The van der Waals surface area contributed by atoms with Gasteiger partial charge in [-0.25, -0.2) is 0 Å². The van der Waals surface area contributed by atoms with Crippen LogP contribution in [0.2, 0.25) is 0 Å². The number of nitro benzene ring substituents is 1. The Morgan fingerprint density at radius 1 is 1.19 bits per heavy atom. The molecule has 3 aromatic rings. The number of benzene rings is 1. The van der Waals surface area contributed by atoms with Crippen LogP contribution in [0.1, 0.15) is 37.1 Å². The van der Waals surface area contributed by atoms with Crippen LogP contribution in [0.5, 0.6) is 0 Å². The second kappa shape index (κ2) is 7.08. The van der Waals surface area contributed by atoms with E-state index in [1.165, 1.54) is 37.0 Å². The first-order chi connectivity index (χ1) is 12.6. The Hall–Kier alpha value is -2.39. The highest BCUT2D eigenvalue weighted by Crippen LogP contribution is 2.30. The molecule has 3 heterocycles. The average Bonchev–Trinajstić information content (AvgIpc) is 3.09. The van der Waals surface area contributed by atoms with E-state index in [4.69, 9.17) is 0 Å². The first-order valence-corrected chi connectivity index (χ1v) is 9.62. The molecule has 0 spiro atoms. The van der Waals surface area contributed by atoms with Gasteiger partial charge in [-0.05, 0) is 32.9 Å². The van der Waals surface area contributed by atoms with Crippen LogP contribution in [0.4, 0.5) is 5.69 Å². The lowest BCUT2D eigenvalue weighted by Gasteiger charge is -2.17. The Kier molecular flexibility index (Phi) is 4.64. The van der Waals surface area contributed by atoms with Crippen molar-refractivity contribution in [1.29, 1.82) is 0 Å². The van der Waals surface area contributed by atoms with E-state index < -0.39 is 0 Å². The minimum absolute atomic E-state index is 0.109. The van der Waals surface area contributed by atoms with Crippen molar-refractivity contribution in [2.75, 3.05) is 13.1 Å². The Morgan fingerprint density at radius 2 is 1.96 bits per heavy atom. The van der Waals surface area contributed by atoms with Gasteiger partial charge in [0.1, 0.15) is 5.01 Å². The molecule has 1 aliphatic heterocycles. The van der Waals surface area contributed by atoms with Crippen molar-refractivity contribution >= 4 is 22.0 Å². The molecule has 0 atom stereocenters. The van der Waals surface area contributed by atoms with E-state index >= 15 is 0 Å². The van der Waals surface area contributed by atoms with Gasteiger partial charge < -0.3 is 0 Å². The van der Waals surface area contributed by atoms with Gasteiger partial charge in [0.05, 0.1) is 11.5 Å². The summed E-state index contributed by atoms with van der Waals surface area (Å²) >= 11 is 1.40. The minimum Gasteiger partial charge on any atom is -0.296 e. The Balaban J connectivity index is 1.63. The maximum Gasteiger partial charge on any atom is 0.273 e. The molecule has 1 saturated heterocycles. The van der Waals surface area contributed by atoms with Crippen LogP contribution in [0.3, 0.4) is 0 Å². The van der Waals surface area contributed by atoms with E-state index in [0.29, 0.717) is 10.5 Å². The predicted octanol–water partition coefficient (Wildman–Crippen LogP) is 3.45. The zero-order chi connectivity index (χ0) is 18.1. The van der Waals surface area contributed by atoms with Crippen molar-refractivity contribution in [2.45, 2.75) is 39.2 Å². The zero-order valence-corrected chi connectivity index (χ0v) is 15.4. The number of fused-ring (bicyclic) bond motifs is 1. The third-order valence-corrected chi connectivity index (χ3v) is 5.72. The SMILES string of the molecule is Cc1ccc(-c2nn3c(CN4CCCCCC4)nnc3s2)cc1[N+](=O)[O-]. The molecular formula is C17H20N6O2S. The van der Waals surface area contributed by atoms with E-state index in [9.17, 15) is 10.1 Å². The smallest absolute Gasteiger partial charge is 0.273 e. The van der Waals surface area contributed by atoms with Crippen molar-refractivity contribution in [1.82, 2.24) is 24.7 Å². The second-order valence-electron chi connectivity index (χ2n) is 6.67. The Morgan fingerprint density at radius 3 is 2.69 bits per heavy atom. The molecule has 136 valence electrons. The van der Waals surface area contributed by atoms with Gasteiger partial charge in [-0.15, -0.1) is 10.2 Å². The number of aromatic nitrogens is 4. The van der Waals surface area contributed by atoms with Crippen LogP contribution >= 0.6 is 11.3 Å². The van der Waals surface area contributed by atoms with Crippen LogP contribution in [0.15, 0.2) is 18.2 Å². The van der Waals surface area contributed by atoms with Crippen molar-refractivity contribution in [3.63, 3.8) is 0 Å². The summed E-state index contributed by atoms with van der Waals surface area (Å²) in [7, 11) is 0. The molecular weight excluding hydrogens is 352 g/mol. The van der Waals surface area contributed by atoms with E-state index in [1.807, 2.05) is 6.07 Å². The maximum absolute atomic E-state index is 11.2. The van der Waals surface area contributed by atoms with Crippen LogP contribution in [0.25, 0.3) is 15.5 Å². The molecule has 1 fully saturated rings. The third kappa shape index (κ3) is 3.32. The van der Waals surface area contributed by atoms with E-state index in [1.54, 1.807) is 23.6 Å². The molecule has 0 unspecified atom stereocenters. The molecule has 0 amide bonds. The van der Waals surface area contributed by atoms with Gasteiger partial charge in [-0.2, -0.15) is 9.61 Å². The van der Waals surface area contributed by atoms with Gasteiger partial charge in [0.2, 0.25) is 4.96 Å². The van der Waals surface area contributed by atoms with Crippen molar-refractivity contribution in [2.24, 2.45) is 0 Å². The van der Waals surface area contributed by atoms with E-state index in [2.05, 4.69) is 20.2 Å². The molecule has 1 aromatic carbocycles. The zero-order valence-electron chi connectivity index (χ0n) is 14.6. The van der Waals surface area contributed by atoms with Gasteiger partial charge in [-0.3, -0.25) is 15.0 Å². The molecule has 0 saturated carbocycles. The summed E-state index contributed by atoms with van der Waals surface area (Å²) in [6, 6.07) is 5.20. The topological polar surface area (TPSA) is 89.5 Å². The Bertz CT molecular complexity index is 942. The number of nitrogens with zero attached hydrogens (tertiary/aromatic N) is 6. The average molecular weight is 372 g/mol. The largest absolute Gasteiger partial charge is 0.296 e. The number of rotatable bonds is 4. The number of hydrogen-bond donors (Lipinski definition) is 0. The molecule has 9 heteroatoms. The molecule has 26 heavy (non-hydrogen) atoms. The summed E-state index contributed by atoms with van der Waals surface area (Å²) in [4.78, 5) is 13.9. The molecule has 0 N–H and O–H groups in total. The molecule has 0 aliphatic carbocycles. The van der Waals surface area contributed by atoms with E-state index in [0.717, 1.165) is 36.0 Å². The van der Waals surface area contributed by atoms with Gasteiger partial charge in [0, 0.05) is 17.2 Å². The number of hydrogen-bond acceptors (Lipinski definition) is 7. The van der Waals surface area contributed by atoms with Crippen LogP contribution in [-0.4, -0.2) is 42.7 Å². The van der Waals surface area contributed by atoms with E-state index in [-0.39, 0.29) is 10.6 Å². The van der Waals surface area contributed by atoms with Crippen LogP contribution in [0, 0.1) is 17.0 Å². The lowest BCUT2D eigenvalue weighted by atomic mass is 10.1. The van der Waals surface area contributed by atoms with Crippen LogP contribution < -0.4 is 0 Å². The molecule has 8 nitrogen and oxygen atoms in total. The molecule has 0 bridgehead atoms. The van der Waals surface area contributed by atoms with Gasteiger partial charge in [-0.1, -0.05) is 36.3 Å². The number of aryl methyl sites for hydroxylation is 1. The third-order valence-electron chi connectivity index (χ3n) is 4.77. The predicted molar refractivity (Wildman–Crippen MR) is 99.2 cm³/mol. The van der Waals surface area contributed by atoms with Gasteiger partial charge in [0.25, 0.3) is 5.69 Å². The fourth-order valence-electron chi connectivity index (χ4n) is 3.31. The Labute approximate surface area is 154 Å². The summed E-state index contributed by atoms with van der Waals surface area (Å²) in [6.45, 7) is 4.63. The lowest BCUT2D eigenvalue weighted by Crippen LogP contribution is -2.25. The normalized spacial score (nSPS) is 16.0. The van der Waals surface area contributed by atoms with Gasteiger partial charge >= 0.3 is 0 Å². The molecule has 0 radical (unpaired) electrons. The summed E-state index contributed by atoms with van der Waals surface area (Å²) in [5.41, 5.74) is 1.49. The van der Waals surface area contributed by atoms with Crippen molar-refractivity contribution < 1.29 is 4.92 Å². The van der Waals surface area contributed by atoms with Crippen LogP contribution in [-0.2, 0) is 6.54 Å². The fourth-order valence-corrected chi connectivity index (χ4v) is 4.16. The minimum atomic E-state index is -0.357. The quantitative estimate of drug-likeness (QED) is 0.515. The van der Waals surface area contributed by atoms with Crippen molar-refractivity contribution in [3.05, 3.63) is 39.7 Å². The number of nitro groups is 1. The molecule has 1 aliphatic rings. The highest BCUT2D eigenvalue weighted by atomic mass is 32.1. The first kappa shape index (κ1) is 17.0. The highest BCUT2D eigenvalue weighted by molar-refractivity contribution is 7.19. The van der Waals surface area contributed by atoms with Gasteiger partial charge in [0.15, 0.2) is 5.82 Å². The summed E-state index contributed by atoms with van der Waals surface area (Å²) in [5.74, 6) is 0.825. The summed E-state index contributed by atoms with van der Waals surface area (Å²) in [5, 5.41) is 25.1. The first-order valence-electron chi connectivity index (χ1n) is 8.81. The maximum atomic E-state index is 11.2. The molecule has 2 aromatic heterocycles. The highest BCUT2D eigenvalue weighted by Gasteiger charge is 2.18. The fraction of sp³-hybridized carbons (Fsp3) is 0.471. The second-order valence-corrected chi connectivity index (χ2v) is 7.62. The standard InChI is InChI=1S/C17H20N6O2S/c1-12-6-7-13(10-14(12)23(24)25)16-20-22-15(18-19-17(22)26-16)11-21-8-4-2-3-5-9-21/h6-7,10H,2-5,8-9,11H2,1H3. The van der Waals surface area contributed by atoms with Crippen molar-refractivity contribution in [3.8, 4) is 10.6 Å². The molecule has 4 rings (SSSR count). The monoisotopic (exact) mass is 372 g/mol.